The molecule has 1 aliphatic rings. The Morgan fingerprint density at radius 2 is 1.35 bits per heavy atom. The molecule has 1 unspecified atom stereocenters. The molecule has 0 spiro atoms. The van der Waals surface area contributed by atoms with Gasteiger partial charge in [0.05, 0.1) is 6.10 Å². The largest absolute Gasteiger partial charge is 0.391 e. The van der Waals surface area contributed by atoms with Gasteiger partial charge in [-0.05, 0) is 34.6 Å². The van der Waals surface area contributed by atoms with Crippen LogP contribution in [0.1, 0.15) is 34.6 Å². The molecule has 0 aromatic carbocycles. The Morgan fingerprint density at radius 3 is 1.71 bits per heavy atom. The average molecular weight is 250 g/mol. The molecule has 17 heavy (non-hydrogen) atoms. The maximum absolute atomic E-state index is 10.3. The molecule has 0 radical (unpaired) electrons. The number of hydrogen-bond donors (Lipinski definition) is 5. The van der Waals surface area contributed by atoms with Crippen molar-refractivity contribution >= 4 is 0 Å². The van der Waals surface area contributed by atoms with Crippen LogP contribution in [0.3, 0.4) is 0 Å². The first-order chi connectivity index (χ1) is 7.29. The summed E-state index contributed by atoms with van der Waals surface area (Å²) in [7, 11) is 0. The standard InChI is InChI=1S/C11H22O6/c1-6(12)7-8(2,13)9(3,14)10(4,15)11(5,16)17-7/h6-7,12-16H,1-5H3/t6?,7-,8+,9+,10-,11-/m1/s1. The molecule has 1 saturated heterocycles. The van der Waals surface area contributed by atoms with Crippen LogP contribution in [0.25, 0.3) is 0 Å². The molecule has 0 aromatic heterocycles. The van der Waals surface area contributed by atoms with Crippen molar-refractivity contribution in [2.45, 2.75) is 69.4 Å². The molecule has 0 aromatic rings. The average Bonchev–Trinajstić information content (AvgIpc) is 2.11. The Labute approximate surface area is 100 Å². The minimum atomic E-state index is -2.10. The van der Waals surface area contributed by atoms with Gasteiger partial charge in [-0.1, -0.05) is 0 Å². The zero-order chi connectivity index (χ0) is 13.9. The molecule has 1 fully saturated rings. The summed E-state index contributed by atoms with van der Waals surface area (Å²) in [6.07, 6.45) is -2.35. The van der Waals surface area contributed by atoms with Gasteiger partial charge in [-0.15, -0.1) is 0 Å². The van der Waals surface area contributed by atoms with E-state index in [1.54, 1.807) is 0 Å². The predicted molar refractivity (Wildman–Crippen MR) is 59.0 cm³/mol. The molecular formula is C11H22O6. The van der Waals surface area contributed by atoms with Gasteiger partial charge in [0.1, 0.15) is 22.9 Å². The van der Waals surface area contributed by atoms with Crippen molar-refractivity contribution in [3.63, 3.8) is 0 Å². The molecule has 1 aliphatic heterocycles. The summed E-state index contributed by atoms with van der Waals surface area (Å²) in [6.45, 7) is 6.14. The number of rotatable bonds is 1. The maximum Gasteiger partial charge on any atom is 0.195 e. The normalized spacial score (nSPS) is 57.9. The van der Waals surface area contributed by atoms with Gasteiger partial charge in [-0.3, -0.25) is 0 Å². The summed E-state index contributed by atoms with van der Waals surface area (Å²) < 4.78 is 5.15. The number of ether oxygens (including phenoxy) is 1. The Hall–Kier alpha value is -0.240. The van der Waals surface area contributed by atoms with Crippen LogP contribution in [-0.2, 0) is 4.74 Å². The van der Waals surface area contributed by atoms with E-state index in [1.807, 2.05) is 0 Å². The van der Waals surface area contributed by atoms with Crippen molar-refractivity contribution in [1.82, 2.24) is 0 Å². The van der Waals surface area contributed by atoms with Gasteiger partial charge in [0.25, 0.3) is 0 Å². The van der Waals surface area contributed by atoms with Crippen LogP contribution in [0, 0.1) is 0 Å². The molecule has 1 heterocycles. The van der Waals surface area contributed by atoms with E-state index in [-0.39, 0.29) is 0 Å². The summed E-state index contributed by atoms with van der Waals surface area (Å²) in [5.74, 6) is -2.10. The minimum absolute atomic E-state index is 1.13. The summed E-state index contributed by atoms with van der Waals surface area (Å²) >= 11 is 0. The fraction of sp³-hybridized carbons (Fsp3) is 1.00. The van der Waals surface area contributed by atoms with E-state index in [1.165, 1.54) is 34.6 Å². The third-order valence-electron chi connectivity index (χ3n) is 4.19. The van der Waals surface area contributed by atoms with Crippen molar-refractivity contribution in [2.24, 2.45) is 0 Å². The quantitative estimate of drug-likeness (QED) is 0.397. The van der Waals surface area contributed by atoms with Gasteiger partial charge < -0.3 is 30.3 Å². The Kier molecular flexibility index (Phi) is 3.16. The number of hydrogen-bond acceptors (Lipinski definition) is 6. The van der Waals surface area contributed by atoms with Crippen molar-refractivity contribution in [3.05, 3.63) is 0 Å². The monoisotopic (exact) mass is 250 g/mol. The summed E-state index contributed by atoms with van der Waals surface area (Å²) in [6, 6.07) is 0. The second kappa shape index (κ2) is 3.63. The molecule has 6 nitrogen and oxygen atoms in total. The predicted octanol–water partition coefficient (Wildman–Crippen LogP) is -1.27. The summed E-state index contributed by atoms with van der Waals surface area (Å²) in [4.78, 5) is 0. The highest BCUT2D eigenvalue weighted by atomic mass is 16.7. The molecule has 5 N–H and O–H groups in total. The topological polar surface area (TPSA) is 110 Å². The molecule has 6 heteroatoms. The van der Waals surface area contributed by atoms with E-state index >= 15 is 0 Å². The van der Waals surface area contributed by atoms with Crippen LogP contribution in [0.2, 0.25) is 0 Å². The fourth-order valence-corrected chi connectivity index (χ4v) is 2.27. The highest BCUT2D eigenvalue weighted by molar-refractivity contribution is 5.17. The Morgan fingerprint density at radius 1 is 0.941 bits per heavy atom. The van der Waals surface area contributed by atoms with Crippen molar-refractivity contribution in [1.29, 1.82) is 0 Å². The van der Waals surface area contributed by atoms with Crippen molar-refractivity contribution in [3.8, 4) is 0 Å². The minimum Gasteiger partial charge on any atom is -0.391 e. The van der Waals surface area contributed by atoms with E-state index in [2.05, 4.69) is 0 Å². The van der Waals surface area contributed by atoms with Gasteiger partial charge >= 0.3 is 0 Å². The summed E-state index contributed by atoms with van der Waals surface area (Å²) in [5, 5.41) is 50.4. The highest BCUT2D eigenvalue weighted by Crippen LogP contribution is 2.48. The van der Waals surface area contributed by atoms with E-state index in [0.29, 0.717) is 0 Å². The molecule has 0 saturated carbocycles. The molecule has 0 amide bonds. The molecule has 6 atom stereocenters. The lowest BCUT2D eigenvalue weighted by Gasteiger charge is -2.60. The molecule has 1 rings (SSSR count). The van der Waals surface area contributed by atoms with Gasteiger partial charge in [0.2, 0.25) is 0 Å². The zero-order valence-corrected chi connectivity index (χ0v) is 10.8. The van der Waals surface area contributed by atoms with Gasteiger partial charge in [0.15, 0.2) is 5.79 Å². The molecular weight excluding hydrogens is 228 g/mol. The van der Waals surface area contributed by atoms with Crippen LogP contribution < -0.4 is 0 Å². The van der Waals surface area contributed by atoms with Crippen LogP contribution >= 0.6 is 0 Å². The van der Waals surface area contributed by atoms with E-state index in [9.17, 15) is 25.5 Å². The lowest BCUT2D eigenvalue weighted by atomic mass is 9.64. The van der Waals surface area contributed by atoms with Crippen molar-refractivity contribution in [2.75, 3.05) is 0 Å². The smallest absolute Gasteiger partial charge is 0.195 e. The Balaban J connectivity index is 3.34. The zero-order valence-electron chi connectivity index (χ0n) is 10.8. The van der Waals surface area contributed by atoms with E-state index in [0.717, 1.165) is 0 Å². The lowest BCUT2D eigenvalue weighted by Crippen LogP contribution is -2.81. The van der Waals surface area contributed by atoms with E-state index < -0.39 is 34.8 Å². The third-order valence-corrected chi connectivity index (χ3v) is 4.19. The van der Waals surface area contributed by atoms with Gasteiger partial charge in [0, 0.05) is 0 Å². The molecule has 0 aliphatic carbocycles. The molecule has 102 valence electrons. The first-order valence-electron chi connectivity index (χ1n) is 5.54. The second-order valence-electron chi connectivity index (χ2n) is 5.55. The number of aliphatic hydroxyl groups excluding tert-OH is 1. The van der Waals surface area contributed by atoms with E-state index in [4.69, 9.17) is 4.74 Å². The summed E-state index contributed by atoms with van der Waals surface area (Å²) in [5.41, 5.74) is -6.09. The van der Waals surface area contributed by atoms with Crippen LogP contribution in [0.15, 0.2) is 0 Å². The highest BCUT2D eigenvalue weighted by Gasteiger charge is 2.70. The fourth-order valence-electron chi connectivity index (χ4n) is 2.27. The SMILES string of the molecule is CC(O)[C@H]1O[C@@](C)(O)[C@](C)(O)[C@@](C)(O)[C@@]1(C)O. The maximum atomic E-state index is 10.3. The van der Waals surface area contributed by atoms with Crippen LogP contribution in [0.4, 0.5) is 0 Å². The van der Waals surface area contributed by atoms with Crippen LogP contribution in [-0.4, -0.2) is 60.3 Å². The number of aliphatic hydroxyl groups is 5. The van der Waals surface area contributed by atoms with Crippen LogP contribution in [0.5, 0.6) is 0 Å². The Bertz CT molecular complexity index is 305. The lowest BCUT2D eigenvalue weighted by molar-refractivity contribution is -0.428. The van der Waals surface area contributed by atoms with Crippen molar-refractivity contribution < 1.29 is 30.3 Å². The third kappa shape index (κ3) is 1.71. The first kappa shape index (κ1) is 14.8. The van der Waals surface area contributed by atoms with Gasteiger partial charge in [-0.2, -0.15) is 0 Å². The molecule has 0 bridgehead atoms. The van der Waals surface area contributed by atoms with Gasteiger partial charge in [-0.25, -0.2) is 0 Å². The first-order valence-corrected chi connectivity index (χ1v) is 5.54. The second-order valence-corrected chi connectivity index (χ2v) is 5.55.